The van der Waals surface area contributed by atoms with Crippen molar-refractivity contribution < 1.29 is 22.7 Å². The fourth-order valence-electron chi connectivity index (χ4n) is 3.98. The molecule has 11 heteroatoms. The van der Waals surface area contributed by atoms with E-state index >= 15 is 0 Å². The number of nitrogens with one attached hydrogen (secondary N) is 1. The zero-order valence-corrected chi connectivity index (χ0v) is 19.8. The smallest absolute Gasteiger partial charge is 0.433 e. The summed E-state index contributed by atoms with van der Waals surface area (Å²) < 4.78 is 45.5. The van der Waals surface area contributed by atoms with Crippen LogP contribution in [0.15, 0.2) is 42.5 Å². The highest BCUT2D eigenvalue weighted by Gasteiger charge is 2.35. The van der Waals surface area contributed by atoms with Gasteiger partial charge in [0.05, 0.1) is 16.5 Å². The van der Waals surface area contributed by atoms with Gasteiger partial charge in [-0.3, -0.25) is 14.4 Å². The molecule has 0 aliphatic carbocycles. The van der Waals surface area contributed by atoms with Gasteiger partial charge in [-0.1, -0.05) is 6.07 Å². The minimum Gasteiger partial charge on any atom is -0.484 e. The quantitative estimate of drug-likeness (QED) is 0.523. The van der Waals surface area contributed by atoms with Crippen molar-refractivity contribution in [2.45, 2.75) is 31.6 Å². The Kier molecular flexibility index (Phi) is 7.42. The average molecular weight is 504 g/mol. The van der Waals surface area contributed by atoms with Crippen molar-refractivity contribution in [3.63, 3.8) is 0 Å². The van der Waals surface area contributed by atoms with E-state index in [2.05, 4.69) is 15.3 Å². The highest BCUT2D eigenvalue weighted by Crippen LogP contribution is 2.34. The van der Waals surface area contributed by atoms with Gasteiger partial charge >= 0.3 is 6.18 Å². The molecule has 0 atom stereocenters. The van der Waals surface area contributed by atoms with Gasteiger partial charge in [0.15, 0.2) is 6.61 Å². The highest BCUT2D eigenvalue weighted by atomic mass is 32.1. The second-order valence-corrected chi connectivity index (χ2v) is 9.52. The van der Waals surface area contributed by atoms with E-state index in [4.69, 9.17) is 10.00 Å². The standard InChI is InChI=1S/C24H24F3N5O2S/c1-31-22(24(25,26)27)12-20(30-31)21-6-5-19(35-21)14-32-9-7-17(8-10-32)29-23(33)15-34-18-4-2-3-16(11-18)13-28/h2-6,11-12,17H,7-10,14-15H2,1H3,(H,29,33). The number of amides is 1. The fourth-order valence-corrected chi connectivity index (χ4v) is 4.99. The molecule has 1 saturated heterocycles. The topological polar surface area (TPSA) is 83.2 Å². The minimum atomic E-state index is -4.44. The molecule has 3 heterocycles. The Bertz CT molecular complexity index is 1220. The van der Waals surface area contributed by atoms with Crippen LogP contribution < -0.4 is 10.1 Å². The Morgan fingerprint density at radius 3 is 2.71 bits per heavy atom. The van der Waals surface area contributed by atoms with E-state index in [-0.39, 0.29) is 18.6 Å². The number of nitrogens with zero attached hydrogens (tertiary/aromatic N) is 4. The first-order chi connectivity index (χ1) is 16.7. The Morgan fingerprint density at radius 1 is 1.26 bits per heavy atom. The zero-order valence-electron chi connectivity index (χ0n) is 19.0. The van der Waals surface area contributed by atoms with Crippen molar-refractivity contribution in [3.05, 3.63) is 58.6 Å². The first-order valence-corrected chi connectivity index (χ1v) is 11.9. The summed E-state index contributed by atoms with van der Waals surface area (Å²) in [6.45, 7) is 2.18. The second-order valence-electron chi connectivity index (χ2n) is 8.35. The van der Waals surface area contributed by atoms with Crippen molar-refractivity contribution in [1.82, 2.24) is 20.0 Å². The monoisotopic (exact) mass is 503 g/mol. The van der Waals surface area contributed by atoms with Gasteiger partial charge in [-0.05, 0) is 49.2 Å². The van der Waals surface area contributed by atoms with Gasteiger partial charge in [-0.25, -0.2) is 0 Å². The van der Waals surface area contributed by atoms with Crippen molar-refractivity contribution in [2.75, 3.05) is 19.7 Å². The van der Waals surface area contributed by atoms with Gasteiger partial charge in [-0.2, -0.15) is 23.5 Å². The number of rotatable bonds is 7. The fraction of sp³-hybridized carbons (Fsp3) is 0.375. The molecule has 0 spiro atoms. The predicted octanol–water partition coefficient (Wildman–Crippen LogP) is 4.20. The molecule has 1 aromatic carbocycles. The number of alkyl halides is 3. The molecule has 0 radical (unpaired) electrons. The van der Waals surface area contributed by atoms with Gasteiger partial charge in [0, 0.05) is 37.6 Å². The van der Waals surface area contributed by atoms with Crippen LogP contribution >= 0.6 is 11.3 Å². The number of ether oxygens (including phenoxy) is 1. The molecule has 35 heavy (non-hydrogen) atoms. The summed E-state index contributed by atoms with van der Waals surface area (Å²) >= 11 is 1.44. The van der Waals surface area contributed by atoms with Crippen molar-refractivity contribution in [2.24, 2.45) is 7.05 Å². The van der Waals surface area contributed by atoms with Crippen LogP contribution in [0.1, 0.15) is 29.0 Å². The number of benzene rings is 1. The van der Waals surface area contributed by atoms with Crippen LogP contribution in [0.2, 0.25) is 0 Å². The molecule has 2 aromatic heterocycles. The number of halogens is 3. The van der Waals surface area contributed by atoms with Crippen LogP contribution in [0.25, 0.3) is 10.6 Å². The summed E-state index contributed by atoms with van der Waals surface area (Å²) in [6.07, 6.45) is -2.85. The van der Waals surface area contributed by atoms with Crippen molar-refractivity contribution in [3.8, 4) is 22.4 Å². The first-order valence-electron chi connectivity index (χ1n) is 11.1. The maximum atomic E-state index is 13.0. The lowest BCUT2D eigenvalue weighted by molar-refractivity contribution is -0.143. The lowest BCUT2D eigenvalue weighted by Gasteiger charge is -2.32. The average Bonchev–Trinajstić information content (AvgIpc) is 3.45. The summed E-state index contributed by atoms with van der Waals surface area (Å²) in [4.78, 5) is 16.3. The number of hydrogen-bond acceptors (Lipinski definition) is 6. The van der Waals surface area contributed by atoms with E-state index < -0.39 is 11.9 Å². The van der Waals surface area contributed by atoms with Crippen LogP contribution in [0.5, 0.6) is 5.75 Å². The van der Waals surface area contributed by atoms with Gasteiger partial charge in [0.2, 0.25) is 0 Å². The van der Waals surface area contributed by atoms with Crippen LogP contribution in [0.3, 0.4) is 0 Å². The van der Waals surface area contributed by atoms with E-state index in [0.717, 1.165) is 41.6 Å². The molecule has 1 N–H and O–H groups in total. The molecule has 1 aliphatic heterocycles. The van der Waals surface area contributed by atoms with E-state index in [1.54, 1.807) is 24.3 Å². The van der Waals surface area contributed by atoms with Crippen LogP contribution in [-0.4, -0.2) is 46.3 Å². The molecule has 7 nitrogen and oxygen atoms in total. The molecule has 4 rings (SSSR count). The number of aromatic nitrogens is 2. The summed E-state index contributed by atoms with van der Waals surface area (Å²) in [6, 6.07) is 13.6. The summed E-state index contributed by atoms with van der Waals surface area (Å²) in [5.74, 6) is 0.270. The van der Waals surface area contributed by atoms with Gasteiger partial charge in [-0.15, -0.1) is 11.3 Å². The van der Waals surface area contributed by atoms with E-state index in [0.29, 0.717) is 28.4 Å². The van der Waals surface area contributed by atoms with Crippen molar-refractivity contribution in [1.29, 1.82) is 5.26 Å². The number of hydrogen-bond donors (Lipinski definition) is 1. The SMILES string of the molecule is Cn1nc(-c2ccc(CN3CCC(NC(=O)COc4cccc(C#N)c4)CC3)s2)cc1C(F)(F)F. The van der Waals surface area contributed by atoms with Crippen molar-refractivity contribution >= 4 is 17.2 Å². The van der Waals surface area contributed by atoms with Crippen LogP contribution in [-0.2, 0) is 24.6 Å². The van der Waals surface area contributed by atoms with Gasteiger partial charge in [0.1, 0.15) is 17.1 Å². The Morgan fingerprint density at radius 2 is 2.03 bits per heavy atom. The molecule has 1 amide bonds. The number of thiophene rings is 1. The largest absolute Gasteiger partial charge is 0.484 e. The summed E-state index contributed by atoms with van der Waals surface area (Å²) in [7, 11) is 1.29. The molecule has 1 aliphatic rings. The predicted molar refractivity (Wildman–Crippen MR) is 125 cm³/mol. The Labute approximate surface area is 204 Å². The number of piperidine rings is 1. The first kappa shape index (κ1) is 24.8. The van der Waals surface area contributed by atoms with E-state index in [1.807, 2.05) is 18.2 Å². The Balaban J connectivity index is 1.23. The number of likely N-dealkylation sites (tertiary alicyclic amines) is 1. The molecular formula is C24H24F3N5O2S. The molecule has 0 bridgehead atoms. The number of aryl methyl sites for hydroxylation is 1. The Hall–Kier alpha value is -3.36. The highest BCUT2D eigenvalue weighted by molar-refractivity contribution is 7.15. The van der Waals surface area contributed by atoms with E-state index in [9.17, 15) is 18.0 Å². The lowest BCUT2D eigenvalue weighted by Crippen LogP contribution is -2.45. The molecule has 184 valence electrons. The zero-order chi connectivity index (χ0) is 25.0. The number of nitriles is 1. The normalized spacial score (nSPS) is 15.1. The maximum Gasteiger partial charge on any atom is 0.433 e. The number of carbonyl (C=O) groups is 1. The molecule has 1 fully saturated rings. The van der Waals surface area contributed by atoms with Crippen LogP contribution in [0, 0.1) is 11.3 Å². The third kappa shape index (κ3) is 6.41. The summed E-state index contributed by atoms with van der Waals surface area (Å²) in [5, 5.41) is 15.9. The van der Waals surface area contributed by atoms with E-state index in [1.165, 1.54) is 18.4 Å². The molecule has 0 saturated carbocycles. The summed E-state index contributed by atoms with van der Waals surface area (Å²) in [5.41, 5.74) is 0.0194. The van der Waals surface area contributed by atoms with Gasteiger partial charge in [0.25, 0.3) is 5.91 Å². The molecular weight excluding hydrogens is 479 g/mol. The molecule has 0 unspecified atom stereocenters. The molecule has 3 aromatic rings. The maximum absolute atomic E-state index is 13.0. The minimum absolute atomic E-state index is 0.0565. The third-order valence-corrected chi connectivity index (χ3v) is 6.84. The second kappa shape index (κ2) is 10.5. The van der Waals surface area contributed by atoms with Gasteiger partial charge < -0.3 is 10.1 Å². The number of carbonyl (C=O) groups excluding carboxylic acids is 1. The third-order valence-electron chi connectivity index (χ3n) is 5.75. The van der Waals surface area contributed by atoms with Crippen LogP contribution in [0.4, 0.5) is 13.2 Å². The lowest BCUT2D eigenvalue weighted by atomic mass is 10.0.